The largest absolute Gasteiger partial charge is 0.308 e. The van der Waals surface area contributed by atoms with E-state index in [-0.39, 0.29) is 0 Å². The first-order valence-electron chi connectivity index (χ1n) is 4.65. The smallest absolute Gasteiger partial charge is 0.0622 e. The van der Waals surface area contributed by atoms with Gasteiger partial charge < -0.3 is 5.32 Å². The summed E-state index contributed by atoms with van der Waals surface area (Å²) in [6.07, 6.45) is 3.70. The molecule has 1 aromatic heterocycles. The van der Waals surface area contributed by atoms with E-state index in [0.717, 1.165) is 24.7 Å². The molecule has 0 bridgehead atoms. The Kier molecular flexibility index (Phi) is 2.13. The molecule has 3 heteroatoms. The van der Waals surface area contributed by atoms with E-state index in [4.69, 9.17) is 0 Å². The molecule has 66 valence electrons. The lowest BCUT2D eigenvalue weighted by atomic mass is 10.3. The summed E-state index contributed by atoms with van der Waals surface area (Å²) in [4.78, 5) is 0. The molecular formula is C9H15N3. The van der Waals surface area contributed by atoms with Crippen LogP contribution in [0, 0.1) is 0 Å². The molecule has 2 N–H and O–H groups in total. The number of H-pyrrole nitrogens is 1. The Balaban J connectivity index is 1.84. The Morgan fingerprint density at radius 1 is 1.67 bits per heavy atom. The van der Waals surface area contributed by atoms with E-state index in [0.29, 0.717) is 0 Å². The molecule has 0 amide bonds. The van der Waals surface area contributed by atoms with Crippen LogP contribution >= 0.6 is 0 Å². The number of hydrogen-bond acceptors (Lipinski definition) is 2. The van der Waals surface area contributed by atoms with Crippen molar-refractivity contribution < 1.29 is 0 Å². The number of rotatable bonds is 4. The quantitative estimate of drug-likeness (QED) is 0.704. The van der Waals surface area contributed by atoms with Crippen molar-refractivity contribution in [2.75, 3.05) is 0 Å². The van der Waals surface area contributed by atoms with Gasteiger partial charge in [0.2, 0.25) is 0 Å². The Morgan fingerprint density at radius 3 is 3.08 bits per heavy atom. The SMILES string of the molecule is CCc1cc(CNC2CC2)[nH]n1. The number of hydrogen-bond donors (Lipinski definition) is 2. The highest BCUT2D eigenvalue weighted by Gasteiger charge is 2.20. The third-order valence-electron chi connectivity index (χ3n) is 2.20. The Labute approximate surface area is 72.6 Å². The molecule has 1 aliphatic carbocycles. The van der Waals surface area contributed by atoms with Gasteiger partial charge in [-0.15, -0.1) is 0 Å². The van der Waals surface area contributed by atoms with Crippen LogP contribution in [0.5, 0.6) is 0 Å². The molecule has 0 saturated heterocycles. The van der Waals surface area contributed by atoms with E-state index >= 15 is 0 Å². The second-order valence-corrected chi connectivity index (χ2v) is 3.39. The van der Waals surface area contributed by atoms with E-state index in [9.17, 15) is 0 Å². The van der Waals surface area contributed by atoms with Gasteiger partial charge in [0.1, 0.15) is 0 Å². The fourth-order valence-corrected chi connectivity index (χ4v) is 1.22. The van der Waals surface area contributed by atoms with Gasteiger partial charge in [0, 0.05) is 18.3 Å². The molecule has 1 aromatic rings. The Morgan fingerprint density at radius 2 is 2.50 bits per heavy atom. The maximum atomic E-state index is 4.17. The Bertz CT molecular complexity index is 250. The minimum absolute atomic E-state index is 0.776. The Hall–Kier alpha value is -0.830. The number of nitrogens with zero attached hydrogens (tertiary/aromatic N) is 1. The number of nitrogens with one attached hydrogen (secondary N) is 2. The van der Waals surface area contributed by atoms with Crippen LogP contribution in [0.1, 0.15) is 31.2 Å². The molecule has 1 aliphatic rings. The van der Waals surface area contributed by atoms with Crippen LogP contribution in [0.15, 0.2) is 6.07 Å². The number of aromatic nitrogens is 2. The second kappa shape index (κ2) is 3.27. The van der Waals surface area contributed by atoms with Crippen molar-refractivity contribution in [1.82, 2.24) is 15.5 Å². The van der Waals surface area contributed by atoms with E-state index in [2.05, 4.69) is 28.5 Å². The summed E-state index contributed by atoms with van der Waals surface area (Å²) >= 11 is 0. The third-order valence-corrected chi connectivity index (χ3v) is 2.20. The second-order valence-electron chi connectivity index (χ2n) is 3.39. The van der Waals surface area contributed by atoms with Gasteiger partial charge in [-0.3, -0.25) is 5.10 Å². The molecule has 1 saturated carbocycles. The predicted octanol–water partition coefficient (Wildman–Crippen LogP) is 1.22. The lowest BCUT2D eigenvalue weighted by Crippen LogP contribution is -2.15. The summed E-state index contributed by atoms with van der Waals surface area (Å²) in [5.41, 5.74) is 2.36. The van der Waals surface area contributed by atoms with Gasteiger partial charge in [-0.2, -0.15) is 5.10 Å². The fraction of sp³-hybridized carbons (Fsp3) is 0.667. The van der Waals surface area contributed by atoms with Crippen molar-refractivity contribution in [3.63, 3.8) is 0 Å². The van der Waals surface area contributed by atoms with Crippen molar-refractivity contribution in [3.8, 4) is 0 Å². The van der Waals surface area contributed by atoms with Crippen molar-refractivity contribution >= 4 is 0 Å². The molecule has 0 spiro atoms. The monoisotopic (exact) mass is 165 g/mol. The fourth-order valence-electron chi connectivity index (χ4n) is 1.22. The van der Waals surface area contributed by atoms with Crippen molar-refractivity contribution in [1.29, 1.82) is 0 Å². The van der Waals surface area contributed by atoms with E-state index in [1.54, 1.807) is 0 Å². The van der Waals surface area contributed by atoms with E-state index < -0.39 is 0 Å². The van der Waals surface area contributed by atoms with Gasteiger partial charge in [0.25, 0.3) is 0 Å². The lowest BCUT2D eigenvalue weighted by molar-refractivity contribution is 0.672. The van der Waals surface area contributed by atoms with E-state index in [1.165, 1.54) is 18.5 Å². The zero-order valence-electron chi connectivity index (χ0n) is 7.43. The average Bonchev–Trinajstić information content (AvgIpc) is 2.81. The molecule has 3 nitrogen and oxygen atoms in total. The predicted molar refractivity (Wildman–Crippen MR) is 47.8 cm³/mol. The van der Waals surface area contributed by atoms with Gasteiger partial charge in [0.15, 0.2) is 0 Å². The molecular weight excluding hydrogens is 150 g/mol. The van der Waals surface area contributed by atoms with Gasteiger partial charge in [-0.05, 0) is 25.3 Å². The lowest BCUT2D eigenvalue weighted by Gasteiger charge is -1.97. The van der Waals surface area contributed by atoms with Crippen LogP contribution in [-0.2, 0) is 13.0 Å². The highest BCUT2D eigenvalue weighted by Crippen LogP contribution is 2.18. The van der Waals surface area contributed by atoms with Crippen LogP contribution in [0.25, 0.3) is 0 Å². The first-order valence-corrected chi connectivity index (χ1v) is 4.65. The molecule has 12 heavy (non-hydrogen) atoms. The number of aryl methyl sites for hydroxylation is 1. The van der Waals surface area contributed by atoms with Crippen molar-refractivity contribution in [2.45, 2.75) is 38.8 Å². The minimum Gasteiger partial charge on any atom is -0.308 e. The maximum Gasteiger partial charge on any atom is 0.0622 e. The molecule has 0 radical (unpaired) electrons. The summed E-state index contributed by atoms with van der Waals surface area (Å²) in [6, 6.07) is 2.91. The van der Waals surface area contributed by atoms with Crippen LogP contribution in [0.3, 0.4) is 0 Å². The zero-order valence-corrected chi connectivity index (χ0v) is 7.43. The van der Waals surface area contributed by atoms with Gasteiger partial charge >= 0.3 is 0 Å². The standard InChI is InChI=1S/C9H15N3/c1-2-7-5-9(12-11-7)6-10-8-3-4-8/h5,8,10H,2-4,6H2,1H3,(H,11,12). The normalized spacial score (nSPS) is 16.8. The van der Waals surface area contributed by atoms with Crippen LogP contribution < -0.4 is 5.32 Å². The first-order chi connectivity index (χ1) is 5.88. The first kappa shape index (κ1) is 7.80. The highest BCUT2D eigenvalue weighted by molar-refractivity contribution is 5.08. The molecule has 0 unspecified atom stereocenters. The summed E-state index contributed by atoms with van der Waals surface area (Å²) in [5, 5.41) is 10.6. The van der Waals surface area contributed by atoms with Crippen molar-refractivity contribution in [3.05, 3.63) is 17.5 Å². The van der Waals surface area contributed by atoms with Gasteiger partial charge in [-0.25, -0.2) is 0 Å². The highest BCUT2D eigenvalue weighted by atomic mass is 15.1. The minimum atomic E-state index is 0.776. The molecule has 2 rings (SSSR count). The molecule has 0 aliphatic heterocycles. The molecule has 0 atom stereocenters. The van der Waals surface area contributed by atoms with Crippen LogP contribution in [-0.4, -0.2) is 16.2 Å². The van der Waals surface area contributed by atoms with Gasteiger partial charge in [0.05, 0.1) is 5.69 Å². The van der Waals surface area contributed by atoms with Crippen LogP contribution in [0.2, 0.25) is 0 Å². The average molecular weight is 165 g/mol. The van der Waals surface area contributed by atoms with E-state index in [1.807, 2.05) is 0 Å². The van der Waals surface area contributed by atoms with Crippen molar-refractivity contribution in [2.24, 2.45) is 0 Å². The molecule has 0 aromatic carbocycles. The van der Waals surface area contributed by atoms with Gasteiger partial charge in [-0.1, -0.05) is 6.92 Å². The number of aromatic amines is 1. The molecule has 1 fully saturated rings. The van der Waals surface area contributed by atoms with Crippen LogP contribution in [0.4, 0.5) is 0 Å². The molecule has 1 heterocycles. The third kappa shape index (κ3) is 1.85. The summed E-state index contributed by atoms with van der Waals surface area (Å²) in [5.74, 6) is 0. The summed E-state index contributed by atoms with van der Waals surface area (Å²) in [6.45, 7) is 3.06. The summed E-state index contributed by atoms with van der Waals surface area (Å²) in [7, 11) is 0. The topological polar surface area (TPSA) is 40.7 Å². The zero-order chi connectivity index (χ0) is 8.39. The summed E-state index contributed by atoms with van der Waals surface area (Å²) < 4.78 is 0. The maximum absolute atomic E-state index is 4.17.